The lowest BCUT2D eigenvalue weighted by Gasteiger charge is -2.28. The van der Waals surface area contributed by atoms with Crippen molar-refractivity contribution in [1.29, 1.82) is 0 Å². The minimum atomic E-state index is -0.431. The van der Waals surface area contributed by atoms with E-state index in [1.165, 1.54) is 5.56 Å². The first-order valence-electron chi connectivity index (χ1n) is 13.3. The SMILES string of the molecule is CNc1ncnc2c1ccn2[C@@H]1C[C@H](CN(CCCNCCc2ccccc2)c2cn[nH]c2)[C@@H](C)[C@H]1O. The van der Waals surface area contributed by atoms with Gasteiger partial charge in [0.2, 0.25) is 0 Å². The van der Waals surface area contributed by atoms with Gasteiger partial charge < -0.3 is 25.2 Å². The highest BCUT2D eigenvalue weighted by atomic mass is 16.3. The fourth-order valence-corrected chi connectivity index (χ4v) is 5.67. The molecule has 0 spiro atoms. The molecule has 1 aliphatic rings. The van der Waals surface area contributed by atoms with Gasteiger partial charge in [-0.25, -0.2) is 9.97 Å². The number of nitrogens with one attached hydrogen (secondary N) is 3. The van der Waals surface area contributed by atoms with Gasteiger partial charge >= 0.3 is 0 Å². The Morgan fingerprint density at radius 2 is 2.03 bits per heavy atom. The van der Waals surface area contributed by atoms with Gasteiger partial charge in [0.05, 0.1) is 29.4 Å². The molecule has 37 heavy (non-hydrogen) atoms. The normalized spacial score (nSPS) is 21.5. The third-order valence-corrected chi connectivity index (χ3v) is 7.84. The molecule has 9 nitrogen and oxygen atoms in total. The molecule has 0 radical (unpaired) electrons. The molecule has 0 amide bonds. The Morgan fingerprint density at radius 1 is 1.16 bits per heavy atom. The van der Waals surface area contributed by atoms with Crippen LogP contribution in [0.2, 0.25) is 0 Å². The Bertz CT molecular complexity index is 1240. The maximum Gasteiger partial charge on any atom is 0.145 e. The number of nitrogens with zero attached hydrogens (tertiary/aromatic N) is 5. The average molecular weight is 503 g/mol. The first-order chi connectivity index (χ1) is 18.2. The third kappa shape index (κ3) is 5.62. The van der Waals surface area contributed by atoms with E-state index in [1.54, 1.807) is 6.33 Å². The van der Waals surface area contributed by atoms with Gasteiger partial charge in [-0.3, -0.25) is 5.10 Å². The van der Waals surface area contributed by atoms with Crippen LogP contribution in [-0.4, -0.2) is 69.2 Å². The highest BCUT2D eigenvalue weighted by Crippen LogP contribution is 2.42. The lowest BCUT2D eigenvalue weighted by Crippen LogP contribution is -2.34. The summed E-state index contributed by atoms with van der Waals surface area (Å²) in [5, 5.41) is 26.1. The zero-order valence-electron chi connectivity index (χ0n) is 21.7. The molecule has 196 valence electrons. The average Bonchev–Trinajstić information content (AvgIpc) is 3.67. The van der Waals surface area contributed by atoms with Gasteiger partial charge in [0.15, 0.2) is 0 Å². The van der Waals surface area contributed by atoms with E-state index >= 15 is 0 Å². The lowest BCUT2D eigenvalue weighted by atomic mass is 9.96. The number of aliphatic hydroxyl groups excluding tert-OH is 1. The zero-order valence-corrected chi connectivity index (χ0v) is 21.7. The van der Waals surface area contributed by atoms with E-state index in [-0.39, 0.29) is 12.0 Å². The second-order valence-corrected chi connectivity index (χ2v) is 10.1. The minimum Gasteiger partial charge on any atom is -0.391 e. The predicted octanol–water partition coefficient (Wildman–Crippen LogP) is 3.48. The van der Waals surface area contributed by atoms with Crippen LogP contribution in [0.4, 0.5) is 11.5 Å². The number of H-pyrrole nitrogens is 1. The monoisotopic (exact) mass is 502 g/mol. The summed E-state index contributed by atoms with van der Waals surface area (Å²) in [6.07, 6.45) is 10.0. The van der Waals surface area contributed by atoms with Crippen LogP contribution >= 0.6 is 0 Å². The third-order valence-electron chi connectivity index (χ3n) is 7.84. The minimum absolute atomic E-state index is 0.0111. The number of hydrogen-bond donors (Lipinski definition) is 4. The molecule has 0 unspecified atom stereocenters. The number of fused-ring (bicyclic) bond motifs is 1. The van der Waals surface area contributed by atoms with Crippen LogP contribution in [0.15, 0.2) is 61.3 Å². The summed E-state index contributed by atoms with van der Waals surface area (Å²) >= 11 is 0. The molecule has 5 rings (SSSR count). The van der Waals surface area contributed by atoms with Crippen molar-refractivity contribution in [2.24, 2.45) is 11.8 Å². The topological polar surface area (TPSA) is 107 Å². The van der Waals surface area contributed by atoms with Gasteiger partial charge in [0.1, 0.15) is 17.8 Å². The van der Waals surface area contributed by atoms with Crippen LogP contribution in [0, 0.1) is 11.8 Å². The summed E-state index contributed by atoms with van der Waals surface area (Å²) in [7, 11) is 1.87. The predicted molar refractivity (Wildman–Crippen MR) is 148 cm³/mol. The molecule has 1 saturated carbocycles. The molecule has 0 saturated heterocycles. The first-order valence-corrected chi connectivity index (χ1v) is 13.3. The van der Waals surface area contributed by atoms with E-state index in [2.05, 4.69) is 77.5 Å². The quantitative estimate of drug-likeness (QED) is 0.220. The second-order valence-electron chi connectivity index (χ2n) is 10.1. The second kappa shape index (κ2) is 11.7. The van der Waals surface area contributed by atoms with E-state index in [0.29, 0.717) is 5.92 Å². The molecule has 4 aromatic rings. The summed E-state index contributed by atoms with van der Waals surface area (Å²) in [6.45, 7) is 5.94. The fourth-order valence-electron chi connectivity index (χ4n) is 5.67. The maximum atomic E-state index is 11.3. The first kappa shape index (κ1) is 25.2. The van der Waals surface area contributed by atoms with Gasteiger partial charge in [0, 0.05) is 32.5 Å². The summed E-state index contributed by atoms with van der Waals surface area (Å²) in [5.74, 6) is 1.33. The molecule has 1 fully saturated rings. The summed E-state index contributed by atoms with van der Waals surface area (Å²) < 4.78 is 2.14. The number of aromatic amines is 1. The molecule has 1 aliphatic carbocycles. The van der Waals surface area contributed by atoms with E-state index in [1.807, 2.05) is 31.7 Å². The van der Waals surface area contributed by atoms with Crippen molar-refractivity contribution in [2.75, 3.05) is 43.4 Å². The van der Waals surface area contributed by atoms with Gasteiger partial charge in [-0.1, -0.05) is 37.3 Å². The van der Waals surface area contributed by atoms with Gasteiger partial charge in [-0.2, -0.15) is 5.10 Å². The molecule has 0 bridgehead atoms. The zero-order chi connectivity index (χ0) is 25.6. The number of hydrogen-bond acceptors (Lipinski definition) is 7. The Balaban J connectivity index is 1.20. The summed E-state index contributed by atoms with van der Waals surface area (Å²) in [4.78, 5) is 11.3. The molecule has 4 N–H and O–H groups in total. The summed E-state index contributed by atoms with van der Waals surface area (Å²) in [5.41, 5.74) is 3.33. The van der Waals surface area contributed by atoms with Gasteiger partial charge in [0.25, 0.3) is 0 Å². The molecule has 9 heteroatoms. The van der Waals surface area contributed by atoms with Crippen LogP contribution < -0.4 is 15.5 Å². The maximum absolute atomic E-state index is 11.3. The van der Waals surface area contributed by atoms with Crippen LogP contribution in [0.3, 0.4) is 0 Å². The highest BCUT2D eigenvalue weighted by molar-refractivity contribution is 5.87. The molecular weight excluding hydrogens is 464 g/mol. The lowest BCUT2D eigenvalue weighted by molar-refractivity contribution is 0.0961. The van der Waals surface area contributed by atoms with Crippen molar-refractivity contribution in [3.05, 3.63) is 66.9 Å². The Labute approximate surface area is 218 Å². The number of rotatable bonds is 12. The molecule has 4 atom stereocenters. The largest absolute Gasteiger partial charge is 0.391 e. The van der Waals surface area contributed by atoms with Gasteiger partial charge in [-0.15, -0.1) is 0 Å². The van der Waals surface area contributed by atoms with Crippen LogP contribution in [0.5, 0.6) is 0 Å². The van der Waals surface area contributed by atoms with Crippen molar-refractivity contribution in [3.63, 3.8) is 0 Å². The Morgan fingerprint density at radius 3 is 2.81 bits per heavy atom. The standard InChI is InChI=1S/C28H38N8O/c1-20-22(15-25(26(20)37)36-14-10-24-27(29-2)31-19-32-28(24)36)18-35(23-16-33-34-17-23)13-6-11-30-12-9-21-7-4-3-5-8-21/h3-5,7-8,10,14,16-17,19-20,22,25-26,30,37H,6,9,11-13,15,18H2,1-2H3,(H,33,34)(H,29,31,32)/t20-,22-,25-,26-/m1/s1. The molecule has 3 heterocycles. The number of benzene rings is 1. The van der Waals surface area contributed by atoms with Crippen molar-refractivity contribution in [2.45, 2.75) is 38.3 Å². The smallest absolute Gasteiger partial charge is 0.145 e. The van der Waals surface area contributed by atoms with Gasteiger partial charge in [-0.05, 0) is 55.8 Å². The van der Waals surface area contributed by atoms with E-state index < -0.39 is 6.10 Å². The van der Waals surface area contributed by atoms with Crippen LogP contribution in [0.25, 0.3) is 11.0 Å². The van der Waals surface area contributed by atoms with Crippen molar-refractivity contribution in [3.8, 4) is 0 Å². The van der Waals surface area contributed by atoms with Crippen molar-refractivity contribution >= 4 is 22.5 Å². The number of aliphatic hydroxyl groups is 1. The van der Waals surface area contributed by atoms with E-state index in [9.17, 15) is 5.11 Å². The molecular formula is C28H38N8O. The van der Waals surface area contributed by atoms with Crippen molar-refractivity contribution < 1.29 is 5.11 Å². The van der Waals surface area contributed by atoms with Crippen LogP contribution in [-0.2, 0) is 6.42 Å². The molecule has 1 aromatic carbocycles. The Kier molecular flexibility index (Phi) is 8.01. The highest BCUT2D eigenvalue weighted by Gasteiger charge is 2.41. The van der Waals surface area contributed by atoms with E-state index in [4.69, 9.17) is 0 Å². The number of anilines is 2. The fraction of sp³-hybridized carbons (Fsp3) is 0.464. The number of aromatic nitrogens is 5. The van der Waals surface area contributed by atoms with Crippen LogP contribution in [0.1, 0.15) is 31.4 Å². The molecule has 3 aromatic heterocycles. The van der Waals surface area contributed by atoms with Crippen molar-refractivity contribution in [1.82, 2.24) is 30.0 Å². The van der Waals surface area contributed by atoms with E-state index in [0.717, 1.165) is 68.0 Å². The summed E-state index contributed by atoms with van der Waals surface area (Å²) in [6, 6.07) is 12.6. The molecule has 0 aliphatic heterocycles. The Hall–Kier alpha value is -3.43.